The molecule has 3 aromatic rings. The summed E-state index contributed by atoms with van der Waals surface area (Å²) in [6, 6.07) is 10.7. The van der Waals surface area contributed by atoms with Crippen LogP contribution < -0.4 is 14.2 Å². The molecule has 0 spiro atoms. The normalized spacial score (nSPS) is 10.8. The third-order valence-corrected chi connectivity index (χ3v) is 4.45. The van der Waals surface area contributed by atoms with Gasteiger partial charge < -0.3 is 14.2 Å². The van der Waals surface area contributed by atoms with E-state index in [1.807, 2.05) is 0 Å². The van der Waals surface area contributed by atoms with Crippen molar-refractivity contribution in [2.24, 2.45) is 0 Å². The third-order valence-electron chi connectivity index (χ3n) is 4.45. The molecule has 2 aromatic carbocycles. The maximum atomic E-state index is 14.4. The molecule has 5 nitrogen and oxygen atoms in total. The smallest absolute Gasteiger partial charge is 0.263 e. The standard InChI is InChI=1S/C22H18F3NO4/c1-28-17-10-14(11-18(29-2)21(17)30-3)20(27)19-15(23)8-9-16(26-19)12-4-6-13(7-5-12)22(24)25/h4-11,22H,1-3H3. The summed E-state index contributed by atoms with van der Waals surface area (Å²) in [5.74, 6) is -0.754. The van der Waals surface area contributed by atoms with E-state index in [4.69, 9.17) is 14.2 Å². The molecule has 0 saturated heterocycles. The number of aromatic nitrogens is 1. The molecule has 0 unspecified atom stereocenters. The molecule has 0 saturated carbocycles. The van der Waals surface area contributed by atoms with Crippen LogP contribution in [0.25, 0.3) is 11.3 Å². The van der Waals surface area contributed by atoms with Gasteiger partial charge in [0.15, 0.2) is 17.3 Å². The first-order chi connectivity index (χ1) is 14.4. The van der Waals surface area contributed by atoms with Crippen LogP contribution in [-0.4, -0.2) is 32.1 Å². The zero-order chi connectivity index (χ0) is 21.8. The van der Waals surface area contributed by atoms with Crippen LogP contribution in [0.2, 0.25) is 0 Å². The number of methoxy groups -OCH3 is 3. The lowest BCUT2D eigenvalue weighted by molar-refractivity contribution is 0.102. The number of carbonyl (C=O) groups is 1. The van der Waals surface area contributed by atoms with E-state index in [1.165, 1.54) is 63.8 Å². The predicted molar refractivity (Wildman–Crippen MR) is 104 cm³/mol. The average molecular weight is 417 g/mol. The molecule has 0 aliphatic carbocycles. The van der Waals surface area contributed by atoms with Crippen molar-refractivity contribution in [3.05, 3.63) is 71.2 Å². The minimum atomic E-state index is -2.60. The molecule has 156 valence electrons. The van der Waals surface area contributed by atoms with Crippen LogP contribution in [0.1, 0.15) is 28.0 Å². The first kappa shape index (κ1) is 21.2. The lowest BCUT2D eigenvalue weighted by Crippen LogP contribution is -2.09. The molecule has 0 atom stereocenters. The van der Waals surface area contributed by atoms with E-state index in [1.54, 1.807) is 0 Å². The Kier molecular flexibility index (Phi) is 6.25. The van der Waals surface area contributed by atoms with Gasteiger partial charge in [0.05, 0.1) is 27.0 Å². The molecule has 3 rings (SSSR count). The van der Waals surface area contributed by atoms with Gasteiger partial charge in [-0.25, -0.2) is 18.2 Å². The second kappa shape index (κ2) is 8.86. The summed E-state index contributed by atoms with van der Waals surface area (Å²) in [5.41, 5.74) is 0.266. The van der Waals surface area contributed by atoms with Crippen molar-refractivity contribution >= 4 is 5.78 Å². The molecule has 0 N–H and O–H groups in total. The van der Waals surface area contributed by atoms with Crippen molar-refractivity contribution in [2.45, 2.75) is 6.43 Å². The van der Waals surface area contributed by atoms with Gasteiger partial charge in [-0.3, -0.25) is 4.79 Å². The molecule has 30 heavy (non-hydrogen) atoms. The molecule has 0 bridgehead atoms. The highest BCUT2D eigenvalue weighted by molar-refractivity contribution is 6.08. The zero-order valence-electron chi connectivity index (χ0n) is 16.4. The molecular weight excluding hydrogens is 399 g/mol. The fourth-order valence-electron chi connectivity index (χ4n) is 2.91. The summed E-state index contributed by atoms with van der Waals surface area (Å²) < 4.78 is 55.6. The Balaban J connectivity index is 2.04. The van der Waals surface area contributed by atoms with Gasteiger partial charge in [-0.1, -0.05) is 24.3 Å². The minimum absolute atomic E-state index is 0.0844. The van der Waals surface area contributed by atoms with Gasteiger partial charge in [-0.05, 0) is 24.3 Å². The topological polar surface area (TPSA) is 57.7 Å². The van der Waals surface area contributed by atoms with Gasteiger partial charge in [0.2, 0.25) is 11.5 Å². The number of hydrogen-bond acceptors (Lipinski definition) is 5. The van der Waals surface area contributed by atoms with Crippen LogP contribution in [-0.2, 0) is 0 Å². The Morgan fingerprint density at radius 1 is 0.900 bits per heavy atom. The van der Waals surface area contributed by atoms with Crippen molar-refractivity contribution in [1.82, 2.24) is 4.98 Å². The van der Waals surface area contributed by atoms with E-state index in [2.05, 4.69) is 4.98 Å². The van der Waals surface area contributed by atoms with Gasteiger partial charge in [0.1, 0.15) is 5.69 Å². The summed E-state index contributed by atoms with van der Waals surface area (Å²) >= 11 is 0. The first-order valence-electron chi connectivity index (χ1n) is 8.79. The van der Waals surface area contributed by atoms with Crippen LogP contribution in [0.4, 0.5) is 13.2 Å². The SMILES string of the molecule is COc1cc(C(=O)c2nc(-c3ccc(C(F)F)cc3)ccc2F)cc(OC)c1OC. The van der Waals surface area contributed by atoms with E-state index >= 15 is 0 Å². The van der Waals surface area contributed by atoms with Crippen LogP contribution in [0, 0.1) is 5.82 Å². The van der Waals surface area contributed by atoms with Crippen molar-refractivity contribution in [3.63, 3.8) is 0 Å². The number of pyridine rings is 1. The fourth-order valence-corrected chi connectivity index (χ4v) is 2.91. The van der Waals surface area contributed by atoms with Gasteiger partial charge in [0.25, 0.3) is 6.43 Å². The molecule has 0 amide bonds. The third kappa shape index (κ3) is 4.07. The second-order valence-electron chi connectivity index (χ2n) is 6.19. The summed E-state index contributed by atoms with van der Waals surface area (Å²) in [6.45, 7) is 0. The molecule has 0 aliphatic rings. The summed E-state index contributed by atoms with van der Waals surface area (Å²) in [6.07, 6.45) is -2.60. The number of hydrogen-bond donors (Lipinski definition) is 0. The molecule has 0 aliphatic heterocycles. The van der Waals surface area contributed by atoms with Crippen molar-refractivity contribution in [2.75, 3.05) is 21.3 Å². The predicted octanol–water partition coefficient (Wildman–Crippen LogP) is 5.08. The van der Waals surface area contributed by atoms with Crippen LogP contribution in [0.15, 0.2) is 48.5 Å². The monoisotopic (exact) mass is 417 g/mol. The minimum Gasteiger partial charge on any atom is -0.493 e. The number of alkyl halides is 2. The van der Waals surface area contributed by atoms with E-state index in [0.717, 1.165) is 6.07 Å². The Labute approximate surface area is 171 Å². The van der Waals surface area contributed by atoms with Crippen LogP contribution >= 0.6 is 0 Å². The quantitative estimate of drug-likeness (QED) is 0.502. The first-order valence-corrected chi connectivity index (χ1v) is 8.79. The maximum absolute atomic E-state index is 14.4. The van der Waals surface area contributed by atoms with Gasteiger partial charge in [-0.2, -0.15) is 0 Å². The Morgan fingerprint density at radius 3 is 2.00 bits per heavy atom. The van der Waals surface area contributed by atoms with Crippen molar-refractivity contribution in [3.8, 4) is 28.5 Å². The van der Waals surface area contributed by atoms with Crippen molar-refractivity contribution < 1.29 is 32.2 Å². The van der Waals surface area contributed by atoms with Gasteiger partial charge >= 0.3 is 0 Å². The number of rotatable bonds is 7. The fraction of sp³-hybridized carbons (Fsp3) is 0.182. The number of ether oxygens (including phenoxy) is 3. The molecule has 1 heterocycles. The van der Waals surface area contributed by atoms with E-state index < -0.39 is 23.7 Å². The number of ketones is 1. The number of halogens is 3. The highest BCUT2D eigenvalue weighted by atomic mass is 19.3. The lowest BCUT2D eigenvalue weighted by atomic mass is 10.0. The lowest BCUT2D eigenvalue weighted by Gasteiger charge is -2.14. The molecular formula is C22H18F3NO4. The van der Waals surface area contributed by atoms with Crippen LogP contribution in [0.5, 0.6) is 17.2 Å². The highest BCUT2D eigenvalue weighted by Crippen LogP contribution is 2.38. The van der Waals surface area contributed by atoms with E-state index in [-0.39, 0.29) is 34.1 Å². The second-order valence-corrected chi connectivity index (χ2v) is 6.19. The van der Waals surface area contributed by atoms with Gasteiger partial charge in [0, 0.05) is 16.7 Å². The summed E-state index contributed by atoms with van der Waals surface area (Å²) in [5, 5.41) is 0. The Hall–Kier alpha value is -3.55. The summed E-state index contributed by atoms with van der Waals surface area (Å²) in [4.78, 5) is 17.1. The van der Waals surface area contributed by atoms with Crippen LogP contribution in [0.3, 0.4) is 0 Å². The largest absolute Gasteiger partial charge is 0.493 e. The van der Waals surface area contributed by atoms with Gasteiger partial charge in [-0.15, -0.1) is 0 Å². The number of benzene rings is 2. The highest BCUT2D eigenvalue weighted by Gasteiger charge is 2.22. The van der Waals surface area contributed by atoms with E-state index in [9.17, 15) is 18.0 Å². The zero-order valence-corrected chi connectivity index (χ0v) is 16.4. The molecule has 0 fully saturated rings. The number of carbonyl (C=O) groups excluding carboxylic acids is 1. The maximum Gasteiger partial charge on any atom is 0.263 e. The Morgan fingerprint density at radius 2 is 1.50 bits per heavy atom. The molecule has 1 aromatic heterocycles. The molecule has 8 heteroatoms. The molecule has 0 radical (unpaired) electrons. The number of nitrogens with zero attached hydrogens (tertiary/aromatic N) is 1. The van der Waals surface area contributed by atoms with E-state index in [0.29, 0.717) is 5.56 Å². The average Bonchev–Trinajstić information content (AvgIpc) is 2.77. The van der Waals surface area contributed by atoms with Crippen molar-refractivity contribution in [1.29, 1.82) is 0 Å². The Bertz CT molecular complexity index is 1040. The summed E-state index contributed by atoms with van der Waals surface area (Å²) in [7, 11) is 4.22.